The molecule has 1 aromatic heterocycles. The fourth-order valence-electron chi connectivity index (χ4n) is 3.85. The van der Waals surface area contributed by atoms with Gasteiger partial charge in [-0.3, -0.25) is 14.4 Å². The molecule has 0 saturated carbocycles. The van der Waals surface area contributed by atoms with Gasteiger partial charge in [-0.15, -0.1) is 0 Å². The maximum atomic E-state index is 13.0. The van der Waals surface area contributed by atoms with E-state index in [2.05, 4.69) is 4.74 Å². The van der Waals surface area contributed by atoms with Crippen LogP contribution in [-0.4, -0.2) is 78.8 Å². The van der Waals surface area contributed by atoms with Crippen LogP contribution >= 0.6 is 0 Å². The van der Waals surface area contributed by atoms with Gasteiger partial charge in [0.2, 0.25) is 6.29 Å². The minimum Gasteiger partial charge on any atom is -0.497 e. The summed E-state index contributed by atoms with van der Waals surface area (Å²) < 4.78 is 31.3. The number of ether oxygens (including phenoxy) is 5. The van der Waals surface area contributed by atoms with Crippen molar-refractivity contribution in [2.75, 3.05) is 20.8 Å². The van der Waals surface area contributed by atoms with Crippen molar-refractivity contribution in [2.45, 2.75) is 37.1 Å². The molecule has 1 aliphatic rings. The molecule has 3 aromatic rings. The summed E-state index contributed by atoms with van der Waals surface area (Å²) in [5.74, 6) is -0.959. The SMILES string of the molecule is COC(=O)CC(=O)OCC1OC(Oc2ccc3c(=O)c(-c4ccc(OC)cc4)coc3c2)C(O)C(O)C1O. The first-order valence-corrected chi connectivity index (χ1v) is 11.5. The van der Waals surface area contributed by atoms with Crippen LogP contribution in [0, 0.1) is 0 Å². The first-order valence-electron chi connectivity index (χ1n) is 11.5. The summed E-state index contributed by atoms with van der Waals surface area (Å²) in [5, 5.41) is 31.1. The highest BCUT2D eigenvalue weighted by Gasteiger charge is 2.45. The van der Waals surface area contributed by atoms with Crippen LogP contribution in [0.15, 0.2) is 57.9 Å². The van der Waals surface area contributed by atoms with Crippen LogP contribution in [0.4, 0.5) is 0 Å². The number of esters is 2. The van der Waals surface area contributed by atoms with Gasteiger partial charge >= 0.3 is 11.9 Å². The number of carbonyl (C=O) groups is 2. The van der Waals surface area contributed by atoms with E-state index in [0.29, 0.717) is 16.9 Å². The van der Waals surface area contributed by atoms with Crippen molar-refractivity contribution in [3.05, 3.63) is 59.0 Å². The van der Waals surface area contributed by atoms with Crippen LogP contribution in [0.3, 0.4) is 0 Å². The number of rotatable bonds is 8. The summed E-state index contributed by atoms with van der Waals surface area (Å²) >= 11 is 0. The Morgan fingerprint density at radius 3 is 2.32 bits per heavy atom. The predicted octanol–water partition coefficient (Wildman–Crippen LogP) is 0.761. The van der Waals surface area contributed by atoms with Gasteiger partial charge in [0.05, 0.1) is 25.2 Å². The molecule has 12 nitrogen and oxygen atoms in total. The average molecular weight is 530 g/mol. The monoisotopic (exact) mass is 530 g/mol. The van der Waals surface area contributed by atoms with Crippen LogP contribution in [0.25, 0.3) is 22.1 Å². The highest BCUT2D eigenvalue weighted by Crippen LogP contribution is 2.28. The minimum atomic E-state index is -1.69. The lowest BCUT2D eigenvalue weighted by molar-refractivity contribution is -0.278. The van der Waals surface area contributed by atoms with E-state index in [9.17, 15) is 29.7 Å². The van der Waals surface area contributed by atoms with Gasteiger partial charge in [-0.1, -0.05) is 12.1 Å². The first-order chi connectivity index (χ1) is 18.2. The van der Waals surface area contributed by atoms with Gasteiger partial charge in [0, 0.05) is 6.07 Å². The smallest absolute Gasteiger partial charge is 0.317 e. The molecule has 2 aromatic carbocycles. The number of fused-ring (bicyclic) bond motifs is 1. The highest BCUT2D eigenvalue weighted by molar-refractivity contribution is 5.91. The molecule has 2 heterocycles. The largest absolute Gasteiger partial charge is 0.497 e. The molecule has 1 aliphatic heterocycles. The standard InChI is InChI=1S/C26H26O12/c1-33-14-5-3-13(4-6-14)17-11-35-18-9-15(7-8-16(18)22(17)29)37-26-25(32)24(31)23(30)19(38-26)12-36-21(28)10-20(27)34-2/h3-9,11,19,23-26,30-32H,10,12H2,1-2H3. The quantitative estimate of drug-likeness (QED) is 0.276. The van der Waals surface area contributed by atoms with Crippen molar-refractivity contribution < 1.29 is 53.0 Å². The Morgan fingerprint density at radius 1 is 0.921 bits per heavy atom. The Balaban J connectivity index is 1.49. The van der Waals surface area contributed by atoms with Crippen LogP contribution in [0.1, 0.15) is 6.42 Å². The second-order valence-electron chi connectivity index (χ2n) is 8.43. The highest BCUT2D eigenvalue weighted by atomic mass is 16.7. The molecule has 5 atom stereocenters. The maximum absolute atomic E-state index is 13.0. The molecule has 38 heavy (non-hydrogen) atoms. The first kappa shape index (κ1) is 27.1. The second-order valence-corrected chi connectivity index (χ2v) is 8.43. The van der Waals surface area contributed by atoms with Gasteiger partial charge in [-0.2, -0.15) is 0 Å². The molecular formula is C26H26O12. The molecule has 5 unspecified atom stereocenters. The molecule has 0 radical (unpaired) electrons. The lowest BCUT2D eigenvalue weighted by Gasteiger charge is -2.39. The van der Waals surface area contributed by atoms with E-state index in [0.717, 1.165) is 7.11 Å². The zero-order chi connectivity index (χ0) is 27.4. The van der Waals surface area contributed by atoms with Crippen LogP contribution < -0.4 is 14.9 Å². The molecular weight excluding hydrogens is 504 g/mol. The number of aliphatic hydroxyl groups is 3. The third-order valence-corrected chi connectivity index (χ3v) is 5.99. The molecule has 1 saturated heterocycles. The zero-order valence-corrected chi connectivity index (χ0v) is 20.4. The predicted molar refractivity (Wildman–Crippen MR) is 129 cm³/mol. The Bertz CT molecular complexity index is 1350. The third kappa shape index (κ3) is 5.78. The second kappa shape index (κ2) is 11.6. The molecule has 3 N–H and O–H groups in total. The summed E-state index contributed by atoms with van der Waals surface area (Å²) in [4.78, 5) is 36.0. The fraction of sp³-hybridized carbons (Fsp3) is 0.346. The van der Waals surface area contributed by atoms with Gasteiger partial charge in [0.25, 0.3) is 0 Å². The lowest BCUT2D eigenvalue weighted by Crippen LogP contribution is -2.60. The van der Waals surface area contributed by atoms with E-state index in [1.54, 1.807) is 31.4 Å². The van der Waals surface area contributed by atoms with Gasteiger partial charge in [-0.05, 0) is 29.8 Å². The zero-order valence-electron chi connectivity index (χ0n) is 20.4. The van der Waals surface area contributed by atoms with Gasteiger partial charge in [0.15, 0.2) is 5.43 Å². The molecule has 202 valence electrons. The fourth-order valence-corrected chi connectivity index (χ4v) is 3.85. The van der Waals surface area contributed by atoms with E-state index in [1.165, 1.54) is 24.5 Å². The number of methoxy groups -OCH3 is 2. The number of hydrogen-bond donors (Lipinski definition) is 3. The Hall–Kier alpha value is -3.97. The lowest BCUT2D eigenvalue weighted by atomic mass is 9.99. The average Bonchev–Trinajstić information content (AvgIpc) is 2.93. The van der Waals surface area contributed by atoms with Crippen LogP contribution in [-0.2, 0) is 23.8 Å². The number of aliphatic hydroxyl groups excluding tert-OH is 3. The van der Waals surface area contributed by atoms with Crippen LogP contribution in [0.2, 0.25) is 0 Å². The summed E-state index contributed by atoms with van der Waals surface area (Å²) in [6, 6.07) is 11.3. The summed E-state index contributed by atoms with van der Waals surface area (Å²) in [6.07, 6.45) is -7.03. The van der Waals surface area contributed by atoms with Gasteiger partial charge in [0.1, 0.15) is 60.8 Å². The van der Waals surface area contributed by atoms with Gasteiger partial charge in [-0.25, -0.2) is 0 Å². The van der Waals surface area contributed by atoms with E-state index in [4.69, 9.17) is 23.4 Å². The van der Waals surface area contributed by atoms with Crippen molar-refractivity contribution in [1.29, 1.82) is 0 Å². The molecule has 0 spiro atoms. The summed E-state index contributed by atoms with van der Waals surface area (Å²) in [6.45, 7) is -0.526. The van der Waals surface area contributed by atoms with Crippen molar-refractivity contribution in [3.8, 4) is 22.6 Å². The topological polar surface area (TPSA) is 171 Å². The number of carbonyl (C=O) groups excluding carboxylic acids is 2. The van der Waals surface area contributed by atoms with E-state index < -0.39 is 55.7 Å². The number of benzene rings is 2. The third-order valence-electron chi connectivity index (χ3n) is 5.99. The van der Waals surface area contributed by atoms with Crippen molar-refractivity contribution in [3.63, 3.8) is 0 Å². The maximum Gasteiger partial charge on any atom is 0.317 e. The molecule has 1 fully saturated rings. The Labute approximate surface area is 215 Å². The summed E-state index contributed by atoms with van der Waals surface area (Å²) in [5.41, 5.74) is 0.918. The van der Waals surface area contributed by atoms with Crippen molar-refractivity contribution in [1.82, 2.24) is 0 Å². The molecule has 12 heteroatoms. The molecule has 0 amide bonds. The Morgan fingerprint density at radius 2 is 1.63 bits per heavy atom. The normalized spacial score (nSPS) is 23.0. The molecule has 0 aliphatic carbocycles. The van der Waals surface area contributed by atoms with Crippen molar-refractivity contribution in [2.24, 2.45) is 0 Å². The van der Waals surface area contributed by atoms with E-state index in [1.807, 2.05) is 0 Å². The summed E-state index contributed by atoms with van der Waals surface area (Å²) in [7, 11) is 2.66. The molecule has 0 bridgehead atoms. The number of hydrogen-bond acceptors (Lipinski definition) is 12. The van der Waals surface area contributed by atoms with Crippen molar-refractivity contribution >= 4 is 22.9 Å². The van der Waals surface area contributed by atoms with E-state index >= 15 is 0 Å². The van der Waals surface area contributed by atoms with Gasteiger partial charge < -0.3 is 43.4 Å². The van der Waals surface area contributed by atoms with Crippen LogP contribution in [0.5, 0.6) is 11.5 Å². The molecule has 4 rings (SSSR count). The minimum absolute atomic E-state index is 0.131. The Kier molecular flexibility index (Phi) is 8.27. The van der Waals surface area contributed by atoms with E-state index in [-0.39, 0.29) is 22.1 Å².